The van der Waals surface area contributed by atoms with Gasteiger partial charge in [0.2, 0.25) is 0 Å². The highest BCUT2D eigenvalue weighted by Crippen LogP contribution is 2.32. The lowest BCUT2D eigenvalue weighted by molar-refractivity contribution is 0.200. The fourth-order valence-electron chi connectivity index (χ4n) is 3.58. The van der Waals surface area contributed by atoms with Crippen LogP contribution in [0, 0.1) is 0 Å². The summed E-state index contributed by atoms with van der Waals surface area (Å²) < 4.78 is 10.7. The number of benzene rings is 3. The molecule has 1 N–H and O–H groups in total. The molecule has 0 saturated heterocycles. The smallest absolute Gasteiger partial charge is 0.412 e. The van der Waals surface area contributed by atoms with E-state index in [1.165, 1.54) is 16.8 Å². The molecule has 5 nitrogen and oxygen atoms in total. The van der Waals surface area contributed by atoms with Crippen LogP contribution in [0.4, 0.5) is 10.5 Å². The van der Waals surface area contributed by atoms with Crippen molar-refractivity contribution < 1.29 is 14.3 Å². The third kappa shape index (κ3) is 4.69. The highest BCUT2D eigenvalue weighted by Gasteiger charge is 2.20. The molecule has 1 amide bonds. The molecule has 0 saturated carbocycles. The SMILES string of the molecule is COc1cccc(CNC(=O)Oc2ccc3c(c2)CCN3Cc2ccccc2)c1. The van der Waals surface area contributed by atoms with Crippen molar-refractivity contribution in [2.75, 3.05) is 18.6 Å². The molecule has 4 rings (SSSR count). The molecular formula is C24H24N2O3. The lowest BCUT2D eigenvalue weighted by atomic mass is 10.1. The third-order valence-corrected chi connectivity index (χ3v) is 5.04. The van der Waals surface area contributed by atoms with Gasteiger partial charge in [0.1, 0.15) is 11.5 Å². The number of anilines is 1. The first-order chi connectivity index (χ1) is 14.2. The van der Waals surface area contributed by atoms with Gasteiger partial charge in [-0.2, -0.15) is 0 Å². The summed E-state index contributed by atoms with van der Waals surface area (Å²) in [5, 5.41) is 2.78. The molecule has 0 atom stereocenters. The predicted molar refractivity (Wildman–Crippen MR) is 113 cm³/mol. The van der Waals surface area contributed by atoms with Gasteiger partial charge < -0.3 is 19.7 Å². The number of carbonyl (C=O) groups is 1. The normalized spacial score (nSPS) is 12.4. The summed E-state index contributed by atoms with van der Waals surface area (Å²) in [6.07, 6.45) is 0.483. The van der Waals surface area contributed by atoms with Crippen LogP contribution in [0.5, 0.6) is 11.5 Å². The molecule has 0 unspecified atom stereocenters. The molecule has 0 aliphatic carbocycles. The van der Waals surface area contributed by atoms with E-state index < -0.39 is 6.09 Å². The maximum Gasteiger partial charge on any atom is 0.412 e. The highest BCUT2D eigenvalue weighted by atomic mass is 16.6. The molecule has 0 radical (unpaired) electrons. The van der Waals surface area contributed by atoms with Gasteiger partial charge in [0.25, 0.3) is 0 Å². The molecule has 0 spiro atoms. The van der Waals surface area contributed by atoms with Crippen molar-refractivity contribution >= 4 is 11.8 Å². The van der Waals surface area contributed by atoms with Gasteiger partial charge in [0.05, 0.1) is 7.11 Å². The van der Waals surface area contributed by atoms with Crippen LogP contribution in [0.1, 0.15) is 16.7 Å². The fraction of sp³-hybridized carbons (Fsp3) is 0.208. The van der Waals surface area contributed by atoms with Crippen LogP contribution in [0.3, 0.4) is 0 Å². The number of carbonyl (C=O) groups excluding carboxylic acids is 1. The molecular weight excluding hydrogens is 364 g/mol. The molecule has 3 aromatic carbocycles. The lowest BCUT2D eigenvalue weighted by Crippen LogP contribution is -2.26. The Labute approximate surface area is 170 Å². The third-order valence-electron chi connectivity index (χ3n) is 5.04. The Hall–Kier alpha value is -3.47. The van der Waals surface area contributed by atoms with E-state index in [0.29, 0.717) is 12.3 Å². The quantitative estimate of drug-likeness (QED) is 0.673. The molecule has 1 aliphatic heterocycles. The topological polar surface area (TPSA) is 50.8 Å². The summed E-state index contributed by atoms with van der Waals surface area (Å²) in [7, 11) is 1.62. The largest absolute Gasteiger partial charge is 0.497 e. The molecule has 1 heterocycles. The van der Waals surface area contributed by atoms with Gasteiger partial charge in [-0.05, 0) is 53.4 Å². The van der Waals surface area contributed by atoms with E-state index >= 15 is 0 Å². The minimum absolute atomic E-state index is 0.381. The zero-order chi connectivity index (χ0) is 20.1. The zero-order valence-electron chi connectivity index (χ0n) is 16.4. The second-order valence-corrected chi connectivity index (χ2v) is 7.04. The second kappa shape index (κ2) is 8.69. The van der Waals surface area contributed by atoms with E-state index in [0.717, 1.165) is 30.8 Å². The van der Waals surface area contributed by atoms with Crippen molar-refractivity contribution in [3.8, 4) is 11.5 Å². The number of hydrogen-bond donors (Lipinski definition) is 1. The van der Waals surface area contributed by atoms with E-state index in [1.54, 1.807) is 7.11 Å². The minimum Gasteiger partial charge on any atom is -0.497 e. The van der Waals surface area contributed by atoms with Crippen LogP contribution in [0.2, 0.25) is 0 Å². The Balaban J connectivity index is 1.35. The summed E-state index contributed by atoms with van der Waals surface area (Å²) >= 11 is 0. The number of nitrogens with one attached hydrogen (secondary N) is 1. The van der Waals surface area contributed by atoms with Crippen LogP contribution in [-0.2, 0) is 19.5 Å². The maximum absolute atomic E-state index is 12.2. The average molecular weight is 388 g/mol. The Morgan fingerprint density at radius 2 is 1.79 bits per heavy atom. The Kier molecular flexibility index (Phi) is 5.66. The first kappa shape index (κ1) is 18.9. The van der Waals surface area contributed by atoms with Crippen LogP contribution < -0.4 is 19.7 Å². The second-order valence-electron chi connectivity index (χ2n) is 7.04. The summed E-state index contributed by atoms with van der Waals surface area (Å²) in [5.74, 6) is 1.32. The number of amides is 1. The Morgan fingerprint density at radius 1 is 0.966 bits per heavy atom. The van der Waals surface area contributed by atoms with Gasteiger partial charge in [0.15, 0.2) is 0 Å². The van der Waals surface area contributed by atoms with E-state index in [-0.39, 0.29) is 0 Å². The number of methoxy groups -OCH3 is 1. The highest BCUT2D eigenvalue weighted by molar-refractivity contribution is 5.71. The van der Waals surface area contributed by atoms with Gasteiger partial charge in [-0.25, -0.2) is 4.79 Å². The van der Waals surface area contributed by atoms with Crippen LogP contribution in [-0.4, -0.2) is 19.7 Å². The number of fused-ring (bicyclic) bond motifs is 1. The van der Waals surface area contributed by atoms with Crippen LogP contribution >= 0.6 is 0 Å². The fourth-order valence-corrected chi connectivity index (χ4v) is 3.58. The standard InChI is InChI=1S/C24H24N2O3/c1-28-21-9-5-8-19(14-21)16-25-24(27)29-22-10-11-23-20(15-22)12-13-26(23)17-18-6-3-2-4-7-18/h2-11,14-15H,12-13,16-17H2,1H3,(H,25,27). The van der Waals surface area contributed by atoms with Crippen molar-refractivity contribution in [1.82, 2.24) is 5.32 Å². The first-order valence-electron chi connectivity index (χ1n) is 9.72. The summed E-state index contributed by atoms with van der Waals surface area (Å²) in [6.45, 7) is 2.23. The monoisotopic (exact) mass is 388 g/mol. The minimum atomic E-state index is -0.466. The maximum atomic E-state index is 12.2. The number of rotatable bonds is 6. The zero-order valence-corrected chi connectivity index (χ0v) is 16.4. The first-order valence-corrected chi connectivity index (χ1v) is 9.72. The van der Waals surface area contributed by atoms with E-state index in [1.807, 2.05) is 48.5 Å². The van der Waals surface area contributed by atoms with Crippen molar-refractivity contribution in [2.24, 2.45) is 0 Å². The van der Waals surface area contributed by atoms with Gasteiger partial charge in [-0.3, -0.25) is 0 Å². The van der Waals surface area contributed by atoms with E-state index in [2.05, 4.69) is 34.5 Å². The van der Waals surface area contributed by atoms with Crippen molar-refractivity contribution in [3.63, 3.8) is 0 Å². The summed E-state index contributed by atoms with van der Waals surface area (Å²) in [4.78, 5) is 14.5. The van der Waals surface area contributed by atoms with Gasteiger partial charge in [0, 0.05) is 25.3 Å². The summed E-state index contributed by atoms with van der Waals surface area (Å²) in [5.41, 5.74) is 4.65. The molecule has 1 aliphatic rings. The van der Waals surface area contributed by atoms with Crippen LogP contribution in [0.25, 0.3) is 0 Å². The van der Waals surface area contributed by atoms with E-state index in [4.69, 9.17) is 9.47 Å². The predicted octanol–water partition coefficient (Wildman–Crippen LogP) is 4.55. The molecule has 0 fully saturated rings. The molecule has 29 heavy (non-hydrogen) atoms. The van der Waals surface area contributed by atoms with Gasteiger partial charge >= 0.3 is 6.09 Å². The Bertz CT molecular complexity index is 988. The number of nitrogens with zero attached hydrogens (tertiary/aromatic N) is 1. The molecule has 5 heteroatoms. The van der Waals surface area contributed by atoms with E-state index in [9.17, 15) is 4.79 Å². The van der Waals surface area contributed by atoms with Gasteiger partial charge in [-0.1, -0.05) is 42.5 Å². The summed E-state index contributed by atoms with van der Waals surface area (Å²) in [6, 6.07) is 23.9. The molecule has 0 aromatic heterocycles. The molecule has 0 bridgehead atoms. The van der Waals surface area contributed by atoms with Gasteiger partial charge in [-0.15, -0.1) is 0 Å². The average Bonchev–Trinajstić information content (AvgIpc) is 3.15. The Morgan fingerprint density at radius 3 is 2.62 bits per heavy atom. The van der Waals surface area contributed by atoms with Crippen LogP contribution in [0.15, 0.2) is 72.8 Å². The molecule has 3 aromatic rings. The van der Waals surface area contributed by atoms with Crippen molar-refractivity contribution in [1.29, 1.82) is 0 Å². The van der Waals surface area contributed by atoms with Crippen molar-refractivity contribution in [2.45, 2.75) is 19.5 Å². The number of ether oxygens (including phenoxy) is 2. The number of hydrogen-bond acceptors (Lipinski definition) is 4. The van der Waals surface area contributed by atoms with Crippen molar-refractivity contribution in [3.05, 3.63) is 89.5 Å². The molecule has 148 valence electrons. The lowest BCUT2D eigenvalue weighted by Gasteiger charge is -2.19.